The summed E-state index contributed by atoms with van der Waals surface area (Å²) in [6.07, 6.45) is 0.762. The van der Waals surface area contributed by atoms with E-state index in [9.17, 15) is 4.39 Å². The van der Waals surface area contributed by atoms with Gasteiger partial charge in [-0.15, -0.1) is 0 Å². The third kappa shape index (κ3) is 2.86. The molecular formula is C14H18BrFO2. The highest BCUT2D eigenvalue weighted by atomic mass is 79.9. The van der Waals surface area contributed by atoms with E-state index in [0.29, 0.717) is 10.2 Å². The first kappa shape index (κ1) is 13.8. The molecule has 0 radical (unpaired) electrons. The van der Waals surface area contributed by atoms with Crippen molar-refractivity contribution in [3.63, 3.8) is 0 Å². The van der Waals surface area contributed by atoms with E-state index in [1.54, 1.807) is 6.07 Å². The molecule has 100 valence electrons. The lowest BCUT2D eigenvalue weighted by Crippen LogP contribution is -2.36. The quantitative estimate of drug-likeness (QED) is 0.809. The van der Waals surface area contributed by atoms with Crippen molar-refractivity contribution in [2.45, 2.75) is 51.4 Å². The molecule has 1 atom stereocenters. The lowest BCUT2D eigenvalue weighted by Gasteiger charge is -2.27. The summed E-state index contributed by atoms with van der Waals surface area (Å²) in [5.41, 5.74) is -0.544. The summed E-state index contributed by atoms with van der Waals surface area (Å²) >= 11 is 3.31. The van der Waals surface area contributed by atoms with E-state index in [2.05, 4.69) is 29.8 Å². The van der Waals surface area contributed by atoms with Crippen molar-refractivity contribution < 1.29 is 13.9 Å². The molecule has 1 fully saturated rings. The van der Waals surface area contributed by atoms with Crippen molar-refractivity contribution in [1.82, 2.24) is 0 Å². The molecule has 1 aliphatic heterocycles. The standard InChI is InChI=1S/C14H18BrFO2/c1-13(2)8-12(14(3,4)18-13)17-11-6-5-9(16)7-10(11)15/h5-7,12H,8H2,1-4H3. The van der Waals surface area contributed by atoms with Gasteiger partial charge in [-0.05, 0) is 61.8 Å². The van der Waals surface area contributed by atoms with E-state index in [1.165, 1.54) is 12.1 Å². The first-order valence-electron chi connectivity index (χ1n) is 6.01. The van der Waals surface area contributed by atoms with Gasteiger partial charge in [-0.25, -0.2) is 4.39 Å². The second kappa shape index (κ2) is 4.49. The monoisotopic (exact) mass is 316 g/mol. The predicted octanol–water partition coefficient (Wildman–Crippen LogP) is 4.31. The number of rotatable bonds is 2. The van der Waals surface area contributed by atoms with E-state index in [0.717, 1.165) is 6.42 Å². The third-order valence-corrected chi connectivity index (χ3v) is 3.77. The SMILES string of the molecule is CC1(C)CC(Oc2ccc(F)cc2Br)C(C)(C)O1. The maximum absolute atomic E-state index is 13.0. The number of benzene rings is 1. The highest BCUT2D eigenvalue weighted by Crippen LogP contribution is 2.40. The Hall–Kier alpha value is -0.610. The van der Waals surface area contributed by atoms with Crippen molar-refractivity contribution in [1.29, 1.82) is 0 Å². The van der Waals surface area contributed by atoms with Crippen LogP contribution in [0.5, 0.6) is 5.75 Å². The fourth-order valence-electron chi connectivity index (χ4n) is 2.42. The van der Waals surface area contributed by atoms with Gasteiger partial charge < -0.3 is 9.47 Å². The van der Waals surface area contributed by atoms with Gasteiger partial charge in [-0.1, -0.05) is 0 Å². The van der Waals surface area contributed by atoms with Gasteiger partial charge in [0.2, 0.25) is 0 Å². The van der Waals surface area contributed by atoms with Crippen LogP contribution in [-0.2, 0) is 4.74 Å². The van der Waals surface area contributed by atoms with Crippen LogP contribution in [0.4, 0.5) is 4.39 Å². The van der Waals surface area contributed by atoms with Gasteiger partial charge in [-0.2, -0.15) is 0 Å². The second-order valence-corrected chi connectivity index (χ2v) is 6.70. The average molecular weight is 317 g/mol. The Bertz CT molecular complexity index is 457. The van der Waals surface area contributed by atoms with Crippen molar-refractivity contribution >= 4 is 15.9 Å². The smallest absolute Gasteiger partial charge is 0.134 e. The minimum atomic E-state index is -0.350. The second-order valence-electron chi connectivity index (χ2n) is 5.85. The predicted molar refractivity (Wildman–Crippen MR) is 72.4 cm³/mol. The molecule has 0 N–H and O–H groups in total. The van der Waals surface area contributed by atoms with Gasteiger partial charge in [0, 0.05) is 6.42 Å². The Morgan fingerprint density at radius 3 is 2.50 bits per heavy atom. The van der Waals surface area contributed by atoms with Crippen LogP contribution in [0.3, 0.4) is 0 Å². The Morgan fingerprint density at radius 2 is 2.00 bits per heavy atom. The van der Waals surface area contributed by atoms with Gasteiger partial charge in [-0.3, -0.25) is 0 Å². The van der Waals surface area contributed by atoms with Crippen LogP contribution in [0.15, 0.2) is 22.7 Å². The Labute approximate surface area is 116 Å². The molecule has 1 heterocycles. The number of halogens is 2. The first-order valence-corrected chi connectivity index (χ1v) is 6.81. The summed E-state index contributed by atoms with van der Waals surface area (Å²) < 4.78 is 25.6. The Morgan fingerprint density at radius 1 is 1.33 bits per heavy atom. The molecule has 4 heteroatoms. The molecule has 1 aromatic rings. The van der Waals surface area contributed by atoms with Gasteiger partial charge in [0.15, 0.2) is 0 Å². The molecule has 1 aliphatic rings. The fourth-order valence-corrected chi connectivity index (χ4v) is 2.86. The molecule has 1 unspecified atom stereocenters. The van der Waals surface area contributed by atoms with Crippen LogP contribution in [0.25, 0.3) is 0 Å². The molecule has 0 aromatic heterocycles. The first-order chi connectivity index (χ1) is 8.20. The molecule has 1 aromatic carbocycles. The maximum Gasteiger partial charge on any atom is 0.134 e. The Balaban J connectivity index is 2.19. The van der Waals surface area contributed by atoms with Gasteiger partial charge in [0.1, 0.15) is 23.3 Å². The van der Waals surface area contributed by atoms with E-state index in [-0.39, 0.29) is 23.1 Å². The minimum absolute atomic E-state index is 0.0470. The van der Waals surface area contributed by atoms with Crippen LogP contribution in [0.1, 0.15) is 34.1 Å². The van der Waals surface area contributed by atoms with Crippen LogP contribution in [0, 0.1) is 5.82 Å². The van der Waals surface area contributed by atoms with Gasteiger partial charge in [0.05, 0.1) is 10.1 Å². The molecule has 2 nitrogen and oxygen atoms in total. The van der Waals surface area contributed by atoms with Crippen LogP contribution in [0.2, 0.25) is 0 Å². The van der Waals surface area contributed by atoms with Crippen LogP contribution < -0.4 is 4.74 Å². The van der Waals surface area contributed by atoms with E-state index >= 15 is 0 Å². The van der Waals surface area contributed by atoms with E-state index < -0.39 is 0 Å². The van der Waals surface area contributed by atoms with Crippen LogP contribution in [-0.4, -0.2) is 17.3 Å². The third-order valence-electron chi connectivity index (χ3n) is 3.15. The molecule has 0 amide bonds. The Kier molecular flexibility index (Phi) is 3.45. The molecule has 0 bridgehead atoms. The summed E-state index contributed by atoms with van der Waals surface area (Å²) in [6, 6.07) is 4.44. The summed E-state index contributed by atoms with van der Waals surface area (Å²) in [5, 5.41) is 0. The summed E-state index contributed by atoms with van der Waals surface area (Å²) in [4.78, 5) is 0. The largest absolute Gasteiger partial charge is 0.486 e. The van der Waals surface area contributed by atoms with E-state index in [4.69, 9.17) is 9.47 Å². The molecule has 0 aliphatic carbocycles. The number of hydrogen-bond donors (Lipinski definition) is 0. The molecule has 1 saturated heterocycles. The topological polar surface area (TPSA) is 18.5 Å². The average Bonchev–Trinajstić information content (AvgIpc) is 2.39. The summed E-state index contributed by atoms with van der Waals surface area (Å²) in [5.74, 6) is 0.368. The zero-order valence-electron chi connectivity index (χ0n) is 11.1. The fraction of sp³-hybridized carbons (Fsp3) is 0.571. The van der Waals surface area contributed by atoms with Gasteiger partial charge >= 0.3 is 0 Å². The zero-order chi connectivity index (χ0) is 13.6. The summed E-state index contributed by atoms with van der Waals surface area (Å²) in [6.45, 7) is 8.14. The molecular weight excluding hydrogens is 299 g/mol. The zero-order valence-corrected chi connectivity index (χ0v) is 12.7. The van der Waals surface area contributed by atoms with Crippen molar-refractivity contribution in [3.05, 3.63) is 28.5 Å². The molecule has 2 rings (SSSR count). The van der Waals surface area contributed by atoms with Crippen molar-refractivity contribution in [3.8, 4) is 5.75 Å². The molecule has 0 saturated carbocycles. The normalized spacial score (nSPS) is 25.1. The summed E-state index contributed by atoms with van der Waals surface area (Å²) in [7, 11) is 0. The highest BCUT2D eigenvalue weighted by Gasteiger charge is 2.47. The van der Waals surface area contributed by atoms with Crippen molar-refractivity contribution in [2.24, 2.45) is 0 Å². The van der Waals surface area contributed by atoms with Crippen LogP contribution >= 0.6 is 15.9 Å². The molecule has 18 heavy (non-hydrogen) atoms. The molecule has 0 spiro atoms. The lowest BCUT2D eigenvalue weighted by atomic mass is 9.97. The number of hydrogen-bond acceptors (Lipinski definition) is 2. The lowest BCUT2D eigenvalue weighted by molar-refractivity contribution is -0.0846. The van der Waals surface area contributed by atoms with Gasteiger partial charge in [0.25, 0.3) is 0 Å². The minimum Gasteiger partial charge on any atom is -0.486 e. The highest BCUT2D eigenvalue weighted by molar-refractivity contribution is 9.10. The number of ether oxygens (including phenoxy) is 2. The van der Waals surface area contributed by atoms with Crippen molar-refractivity contribution in [2.75, 3.05) is 0 Å². The maximum atomic E-state index is 13.0. The van der Waals surface area contributed by atoms with E-state index in [1.807, 2.05) is 13.8 Å².